The zero-order valence-electron chi connectivity index (χ0n) is 11.1. The summed E-state index contributed by atoms with van der Waals surface area (Å²) in [6, 6.07) is 14.3. The van der Waals surface area contributed by atoms with E-state index in [1.54, 1.807) is 6.07 Å². The van der Waals surface area contributed by atoms with Crippen molar-refractivity contribution in [2.24, 2.45) is 0 Å². The lowest BCUT2D eigenvalue weighted by Gasteiger charge is -2.12. The summed E-state index contributed by atoms with van der Waals surface area (Å²) >= 11 is 0. The Labute approximate surface area is 120 Å². The number of pyridine rings is 1. The summed E-state index contributed by atoms with van der Waals surface area (Å²) in [6.45, 7) is 0. The predicted octanol–water partition coefficient (Wildman–Crippen LogP) is 3.79. The predicted molar refractivity (Wildman–Crippen MR) is 76.8 cm³/mol. The van der Waals surface area contributed by atoms with Crippen LogP contribution in [0.3, 0.4) is 0 Å². The Morgan fingerprint density at radius 1 is 1.00 bits per heavy atom. The fourth-order valence-corrected chi connectivity index (χ4v) is 2.30. The van der Waals surface area contributed by atoms with Gasteiger partial charge in [-0.1, -0.05) is 24.3 Å². The number of hydrogen-bond acceptors (Lipinski definition) is 2. The third kappa shape index (κ3) is 2.90. The van der Waals surface area contributed by atoms with E-state index in [1.165, 1.54) is 0 Å². The van der Waals surface area contributed by atoms with Crippen molar-refractivity contribution in [3.05, 3.63) is 77.5 Å². The van der Waals surface area contributed by atoms with Gasteiger partial charge >= 0.3 is 0 Å². The Kier molecular flexibility index (Phi) is 3.62. The van der Waals surface area contributed by atoms with Gasteiger partial charge in [-0.05, 0) is 30.3 Å². The molecule has 0 saturated carbocycles. The van der Waals surface area contributed by atoms with Gasteiger partial charge in [-0.15, -0.1) is 0 Å². The molecule has 1 heterocycles. The SMILES string of the molecule is OC(Cc1ccc2ccccc2n1)c1cc(F)ccc1F. The van der Waals surface area contributed by atoms with Crippen molar-refractivity contribution in [1.29, 1.82) is 0 Å². The molecule has 0 amide bonds. The molecule has 1 N–H and O–H groups in total. The maximum absolute atomic E-state index is 13.6. The number of aliphatic hydroxyl groups excluding tert-OH is 1. The summed E-state index contributed by atoms with van der Waals surface area (Å²) in [5, 5.41) is 11.1. The van der Waals surface area contributed by atoms with Gasteiger partial charge in [0.1, 0.15) is 11.6 Å². The molecule has 2 nitrogen and oxygen atoms in total. The van der Waals surface area contributed by atoms with Crippen molar-refractivity contribution < 1.29 is 13.9 Å². The molecule has 3 rings (SSSR count). The number of hydrogen-bond donors (Lipinski definition) is 1. The van der Waals surface area contributed by atoms with Gasteiger partial charge in [0.15, 0.2) is 0 Å². The smallest absolute Gasteiger partial charge is 0.129 e. The first-order chi connectivity index (χ1) is 10.1. The molecule has 0 bridgehead atoms. The number of aliphatic hydroxyl groups is 1. The largest absolute Gasteiger partial charge is 0.388 e. The van der Waals surface area contributed by atoms with Gasteiger partial charge in [0.25, 0.3) is 0 Å². The number of aromatic nitrogens is 1. The van der Waals surface area contributed by atoms with Crippen LogP contribution >= 0.6 is 0 Å². The van der Waals surface area contributed by atoms with Crippen molar-refractivity contribution in [2.75, 3.05) is 0 Å². The number of para-hydroxylation sites is 1. The first-order valence-electron chi connectivity index (χ1n) is 6.61. The summed E-state index contributed by atoms with van der Waals surface area (Å²) in [4.78, 5) is 4.42. The molecule has 0 saturated heterocycles. The second-order valence-electron chi connectivity index (χ2n) is 4.88. The zero-order valence-corrected chi connectivity index (χ0v) is 11.1. The molecular formula is C17H13F2NO. The van der Waals surface area contributed by atoms with Crippen LogP contribution in [-0.4, -0.2) is 10.1 Å². The minimum atomic E-state index is -1.13. The van der Waals surface area contributed by atoms with Crippen LogP contribution in [0.4, 0.5) is 8.78 Å². The molecule has 21 heavy (non-hydrogen) atoms. The van der Waals surface area contributed by atoms with E-state index in [0.717, 1.165) is 29.1 Å². The van der Waals surface area contributed by atoms with Crippen molar-refractivity contribution in [3.63, 3.8) is 0 Å². The first-order valence-corrected chi connectivity index (χ1v) is 6.61. The highest BCUT2D eigenvalue weighted by Gasteiger charge is 2.15. The molecule has 1 unspecified atom stereocenters. The molecule has 0 spiro atoms. The average Bonchev–Trinajstić information content (AvgIpc) is 2.49. The van der Waals surface area contributed by atoms with Gasteiger partial charge < -0.3 is 5.11 Å². The van der Waals surface area contributed by atoms with E-state index in [4.69, 9.17) is 0 Å². The number of halogens is 2. The van der Waals surface area contributed by atoms with Crippen LogP contribution in [0.1, 0.15) is 17.4 Å². The maximum atomic E-state index is 13.6. The van der Waals surface area contributed by atoms with Gasteiger partial charge in [0.2, 0.25) is 0 Å². The fourth-order valence-electron chi connectivity index (χ4n) is 2.30. The van der Waals surface area contributed by atoms with E-state index in [-0.39, 0.29) is 12.0 Å². The van der Waals surface area contributed by atoms with Crippen molar-refractivity contribution >= 4 is 10.9 Å². The number of fused-ring (bicyclic) bond motifs is 1. The molecule has 3 aromatic rings. The molecule has 0 aliphatic heterocycles. The van der Waals surface area contributed by atoms with Crippen molar-refractivity contribution in [2.45, 2.75) is 12.5 Å². The van der Waals surface area contributed by atoms with Gasteiger partial charge in [-0.2, -0.15) is 0 Å². The third-order valence-electron chi connectivity index (χ3n) is 3.38. The van der Waals surface area contributed by atoms with Crippen molar-refractivity contribution in [1.82, 2.24) is 4.98 Å². The lowest BCUT2D eigenvalue weighted by molar-refractivity contribution is 0.172. The minimum absolute atomic E-state index is 0.0510. The highest BCUT2D eigenvalue weighted by Crippen LogP contribution is 2.22. The van der Waals surface area contributed by atoms with Crippen LogP contribution in [0.5, 0.6) is 0 Å². The van der Waals surface area contributed by atoms with Gasteiger partial charge in [-0.3, -0.25) is 4.98 Å². The van der Waals surface area contributed by atoms with E-state index < -0.39 is 17.7 Å². The number of nitrogens with zero attached hydrogens (tertiary/aromatic N) is 1. The minimum Gasteiger partial charge on any atom is -0.388 e. The van der Waals surface area contributed by atoms with Gasteiger partial charge in [0, 0.05) is 23.1 Å². The highest BCUT2D eigenvalue weighted by atomic mass is 19.1. The summed E-state index contributed by atoms with van der Waals surface area (Å²) in [7, 11) is 0. The topological polar surface area (TPSA) is 33.1 Å². The van der Waals surface area contributed by atoms with Crippen LogP contribution in [0.25, 0.3) is 10.9 Å². The average molecular weight is 285 g/mol. The molecule has 0 aliphatic carbocycles. The van der Waals surface area contributed by atoms with Crippen LogP contribution in [0.2, 0.25) is 0 Å². The third-order valence-corrected chi connectivity index (χ3v) is 3.38. The second-order valence-corrected chi connectivity index (χ2v) is 4.88. The van der Waals surface area contributed by atoms with Crippen LogP contribution in [0, 0.1) is 11.6 Å². The monoisotopic (exact) mass is 285 g/mol. The summed E-state index contributed by atoms with van der Waals surface area (Å²) in [5.41, 5.74) is 1.39. The summed E-state index contributed by atoms with van der Waals surface area (Å²) in [6.07, 6.45) is -1.00. The second kappa shape index (κ2) is 5.58. The highest BCUT2D eigenvalue weighted by molar-refractivity contribution is 5.78. The van der Waals surface area contributed by atoms with E-state index in [9.17, 15) is 13.9 Å². The van der Waals surface area contributed by atoms with E-state index in [1.807, 2.05) is 30.3 Å². The molecule has 4 heteroatoms. The van der Waals surface area contributed by atoms with Crippen LogP contribution < -0.4 is 0 Å². The molecule has 0 fully saturated rings. The molecule has 1 atom stereocenters. The van der Waals surface area contributed by atoms with E-state index in [0.29, 0.717) is 5.69 Å². The molecule has 2 aromatic carbocycles. The normalized spacial score (nSPS) is 12.5. The summed E-state index contributed by atoms with van der Waals surface area (Å²) < 4.78 is 26.8. The van der Waals surface area contributed by atoms with E-state index in [2.05, 4.69) is 4.98 Å². The molecule has 106 valence electrons. The molecule has 1 aromatic heterocycles. The maximum Gasteiger partial charge on any atom is 0.129 e. The van der Waals surface area contributed by atoms with Gasteiger partial charge in [-0.25, -0.2) is 8.78 Å². The van der Waals surface area contributed by atoms with Crippen LogP contribution in [0.15, 0.2) is 54.6 Å². The molecular weight excluding hydrogens is 272 g/mol. The molecule has 0 aliphatic rings. The number of benzene rings is 2. The Morgan fingerprint density at radius 3 is 2.67 bits per heavy atom. The van der Waals surface area contributed by atoms with E-state index >= 15 is 0 Å². The lowest BCUT2D eigenvalue weighted by atomic mass is 10.0. The Morgan fingerprint density at radius 2 is 1.81 bits per heavy atom. The van der Waals surface area contributed by atoms with Gasteiger partial charge in [0.05, 0.1) is 11.6 Å². The molecule has 0 radical (unpaired) electrons. The number of rotatable bonds is 3. The van der Waals surface area contributed by atoms with Crippen LogP contribution in [-0.2, 0) is 6.42 Å². The summed E-state index contributed by atoms with van der Waals surface area (Å²) in [5.74, 6) is -1.19. The Hall–Kier alpha value is -2.33. The Balaban J connectivity index is 1.88. The zero-order chi connectivity index (χ0) is 14.8. The fraction of sp³-hybridized carbons (Fsp3) is 0.118. The standard InChI is InChI=1S/C17H13F2NO/c18-12-6-8-15(19)14(9-12)17(21)10-13-7-5-11-3-1-2-4-16(11)20-13/h1-9,17,21H,10H2. The lowest BCUT2D eigenvalue weighted by Crippen LogP contribution is -2.06. The quantitative estimate of drug-likeness (QED) is 0.794. The van der Waals surface area contributed by atoms with Crippen molar-refractivity contribution in [3.8, 4) is 0 Å². The Bertz CT molecular complexity index is 789. The first kappa shape index (κ1) is 13.6.